The van der Waals surface area contributed by atoms with Gasteiger partial charge in [-0.3, -0.25) is 14.9 Å². The third kappa shape index (κ3) is 6.73. The average molecular weight is 560 g/mol. The molecule has 0 unspecified atom stereocenters. The highest BCUT2D eigenvalue weighted by Gasteiger charge is 2.28. The van der Waals surface area contributed by atoms with Crippen molar-refractivity contribution in [2.75, 3.05) is 7.11 Å². The lowest BCUT2D eigenvalue weighted by molar-refractivity contribution is -0.385. The van der Waals surface area contributed by atoms with Crippen LogP contribution in [0.2, 0.25) is 0 Å². The molecule has 1 aromatic heterocycles. The number of carbonyl (C=O) groups excluding carboxylic acids is 1. The van der Waals surface area contributed by atoms with Gasteiger partial charge in [0, 0.05) is 29.8 Å². The Kier molecular flexibility index (Phi) is 9.30. The maximum Gasteiger partial charge on any atom is 0.272 e. The summed E-state index contributed by atoms with van der Waals surface area (Å²) in [5.41, 5.74) is 0.537. The fourth-order valence-corrected chi connectivity index (χ4v) is 5.00. The molecule has 3 aromatic rings. The summed E-state index contributed by atoms with van der Waals surface area (Å²) in [6.07, 6.45) is 1.21. The van der Waals surface area contributed by atoms with Crippen molar-refractivity contribution in [3.63, 3.8) is 0 Å². The van der Waals surface area contributed by atoms with E-state index in [0.29, 0.717) is 29.8 Å². The summed E-state index contributed by atoms with van der Waals surface area (Å²) in [6, 6.07) is 9.58. The van der Waals surface area contributed by atoms with Crippen LogP contribution >= 0.6 is 0 Å². The molecule has 0 aliphatic carbocycles. The molecule has 2 atom stereocenters. The molecule has 2 N–H and O–H groups in total. The molecule has 3 rings (SSSR count). The summed E-state index contributed by atoms with van der Waals surface area (Å²) in [7, 11) is -2.68. The smallest absolute Gasteiger partial charge is 0.272 e. The van der Waals surface area contributed by atoms with E-state index in [9.17, 15) is 23.3 Å². The average Bonchev–Trinajstić information content (AvgIpc) is 3.23. The van der Waals surface area contributed by atoms with Gasteiger partial charge in [0.15, 0.2) is 5.69 Å². The van der Waals surface area contributed by atoms with Crippen LogP contribution in [-0.2, 0) is 10.0 Å². The Hall–Kier alpha value is -3.97. The van der Waals surface area contributed by atoms with Crippen LogP contribution in [0.3, 0.4) is 0 Å². The van der Waals surface area contributed by atoms with Crippen LogP contribution in [0, 0.1) is 17.0 Å². The Morgan fingerprint density at radius 3 is 2.31 bits per heavy atom. The predicted molar refractivity (Wildman–Crippen MR) is 145 cm³/mol. The number of aromatic nitrogens is 2. The van der Waals surface area contributed by atoms with Gasteiger partial charge < -0.3 is 14.8 Å². The number of nitro benzene ring substituents is 1. The minimum absolute atomic E-state index is 0.0725. The fraction of sp³-hybridized carbons (Fsp3) is 0.385. The number of nitrogens with zero attached hydrogens (tertiary/aromatic N) is 3. The second kappa shape index (κ2) is 12.3. The standard InChI is InChI=1S/C26H33N5O7S/c1-7-16(3)27-25(32)24-18(5)26(30(28-24)19-9-12-21(37-6)13-10-19)38-22-14-11-20(31(33)34)15-23(22)39(35,36)29-17(4)8-2/h9-17,29H,7-8H2,1-6H3,(H,27,32)/t16-,17-/m1/s1. The molecule has 1 heterocycles. The van der Waals surface area contributed by atoms with E-state index < -0.39 is 37.5 Å². The van der Waals surface area contributed by atoms with Gasteiger partial charge in [-0.25, -0.2) is 13.1 Å². The SMILES string of the molecule is CC[C@@H](C)NC(=O)c1nn(-c2ccc(OC)cc2)c(Oc2ccc([N+](=O)[O-])cc2S(=O)(=O)N[C@H](C)CC)c1C. The van der Waals surface area contributed by atoms with Crippen molar-refractivity contribution in [3.05, 3.63) is 63.8 Å². The third-order valence-corrected chi connectivity index (χ3v) is 7.80. The fourth-order valence-electron chi connectivity index (χ4n) is 3.53. The van der Waals surface area contributed by atoms with Crippen LogP contribution in [0.15, 0.2) is 47.4 Å². The van der Waals surface area contributed by atoms with Gasteiger partial charge in [-0.15, -0.1) is 0 Å². The molecular weight excluding hydrogens is 526 g/mol. The summed E-state index contributed by atoms with van der Waals surface area (Å²) < 4.78 is 41.7. The molecule has 0 aliphatic heterocycles. The lowest BCUT2D eigenvalue weighted by Gasteiger charge is -2.16. The number of amides is 1. The van der Waals surface area contributed by atoms with E-state index in [1.807, 2.05) is 13.8 Å². The Morgan fingerprint density at radius 2 is 1.74 bits per heavy atom. The van der Waals surface area contributed by atoms with E-state index >= 15 is 0 Å². The zero-order chi connectivity index (χ0) is 28.9. The van der Waals surface area contributed by atoms with Crippen molar-refractivity contribution in [1.29, 1.82) is 0 Å². The van der Waals surface area contributed by atoms with E-state index in [4.69, 9.17) is 9.47 Å². The van der Waals surface area contributed by atoms with E-state index in [1.165, 1.54) is 17.9 Å². The molecule has 2 aromatic carbocycles. The Balaban J connectivity index is 2.20. The van der Waals surface area contributed by atoms with Crippen LogP contribution in [0.25, 0.3) is 5.69 Å². The third-order valence-electron chi connectivity index (χ3n) is 6.19. The number of ether oxygens (including phenoxy) is 2. The van der Waals surface area contributed by atoms with Crippen molar-refractivity contribution in [3.8, 4) is 23.1 Å². The molecular formula is C26H33N5O7S. The first kappa shape index (κ1) is 29.6. The Labute approximate surface area is 227 Å². The van der Waals surface area contributed by atoms with E-state index in [1.54, 1.807) is 45.0 Å². The zero-order valence-corrected chi connectivity index (χ0v) is 23.5. The summed E-state index contributed by atoms with van der Waals surface area (Å²) in [5.74, 6) is 0.0833. The minimum Gasteiger partial charge on any atom is -0.497 e. The van der Waals surface area contributed by atoms with Gasteiger partial charge >= 0.3 is 0 Å². The largest absolute Gasteiger partial charge is 0.497 e. The van der Waals surface area contributed by atoms with E-state index in [-0.39, 0.29) is 23.4 Å². The van der Waals surface area contributed by atoms with Crippen molar-refractivity contribution in [2.45, 2.75) is 64.4 Å². The second-order valence-corrected chi connectivity index (χ2v) is 10.8. The van der Waals surface area contributed by atoms with Crippen molar-refractivity contribution >= 4 is 21.6 Å². The van der Waals surface area contributed by atoms with Crippen LogP contribution in [0.4, 0.5) is 5.69 Å². The summed E-state index contributed by atoms with van der Waals surface area (Å²) >= 11 is 0. The van der Waals surface area contributed by atoms with Gasteiger partial charge in [0.2, 0.25) is 15.9 Å². The molecule has 0 aliphatic rings. The molecule has 0 saturated heterocycles. The molecule has 0 spiro atoms. The topological polar surface area (TPSA) is 155 Å². The van der Waals surface area contributed by atoms with Gasteiger partial charge in [0.25, 0.3) is 11.6 Å². The van der Waals surface area contributed by atoms with Crippen LogP contribution < -0.4 is 19.5 Å². The summed E-state index contributed by atoms with van der Waals surface area (Å²) in [5, 5.41) is 18.8. The zero-order valence-electron chi connectivity index (χ0n) is 22.7. The van der Waals surface area contributed by atoms with Crippen molar-refractivity contribution in [2.24, 2.45) is 0 Å². The normalized spacial score (nSPS) is 13.0. The second-order valence-electron chi connectivity index (χ2n) is 9.09. The number of sulfonamides is 1. The van der Waals surface area contributed by atoms with E-state index in [2.05, 4.69) is 15.1 Å². The number of benzene rings is 2. The molecule has 39 heavy (non-hydrogen) atoms. The number of hydrogen-bond donors (Lipinski definition) is 2. The number of carbonyl (C=O) groups is 1. The molecule has 0 radical (unpaired) electrons. The van der Waals surface area contributed by atoms with Crippen LogP contribution in [-0.4, -0.2) is 48.2 Å². The van der Waals surface area contributed by atoms with Crippen molar-refractivity contribution < 1.29 is 27.6 Å². The molecule has 12 nitrogen and oxygen atoms in total. The first-order valence-electron chi connectivity index (χ1n) is 12.4. The summed E-state index contributed by atoms with van der Waals surface area (Å²) in [6.45, 7) is 8.92. The van der Waals surface area contributed by atoms with Gasteiger partial charge in [-0.2, -0.15) is 9.78 Å². The van der Waals surface area contributed by atoms with Crippen LogP contribution in [0.1, 0.15) is 56.6 Å². The Morgan fingerprint density at radius 1 is 1.10 bits per heavy atom. The molecule has 13 heteroatoms. The summed E-state index contributed by atoms with van der Waals surface area (Å²) in [4.78, 5) is 23.4. The lowest BCUT2D eigenvalue weighted by atomic mass is 10.2. The number of rotatable bonds is 12. The first-order valence-corrected chi connectivity index (χ1v) is 13.9. The number of nitrogens with one attached hydrogen (secondary N) is 2. The monoisotopic (exact) mass is 559 g/mol. The molecule has 210 valence electrons. The number of nitro groups is 1. The Bertz CT molecular complexity index is 1450. The maximum absolute atomic E-state index is 13.3. The maximum atomic E-state index is 13.3. The highest BCUT2D eigenvalue weighted by Crippen LogP contribution is 2.36. The number of methoxy groups -OCH3 is 1. The van der Waals surface area contributed by atoms with Gasteiger partial charge in [0.05, 0.1) is 17.7 Å². The number of hydrogen-bond acceptors (Lipinski definition) is 8. The molecule has 1 amide bonds. The van der Waals surface area contributed by atoms with Crippen LogP contribution in [0.5, 0.6) is 17.4 Å². The molecule has 0 saturated carbocycles. The van der Waals surface area contributed by atoms with Gasteiger partial charge in [-0.1, -0.05) is 13.8 Å². The molecule has 0 fully saturated rings. The quantitative estimate of drug-likeness (QED) is 0.243. The van der Waals surface area contributed by atoms with E-state index in [0.717, 1.165) is 12.1 Å². The lowest BCUT2D eigenvalue weighted by Crippen LogP contribution is -2.32. The highest BCUT2D eigenvalue weighted by atomic mass is 32.2. The van der Waals surface area contributed by atoms with Gasteiger partial charge in [0.1, 0.15) is 16.4 Å². The van der Waals surface area contributed by atoms with Gasteiger partial charge in [-0.05, 0) is 63.9 Å². The molecule has 0 bridgehead atoms. The number of non-ortho nitro benzene ring substituents is 1. The first-order chi connectivity index (χ1) is 18.4. The highest BCUT2D eigenvalue weighted by molar-refractivity contribution is 7.89. The predicted octanol–water partition coefficient (Wildman–Crippen LogP) is 4.49. The minimum atomic E-state index is -4.21. The van der Waals surface area contributed by atoms with Crippen molar-refractivity contribution in [1.82, 2.24) is 19.8 Å².